The van der Waals surface area contributed by atoms with Gasteiger partial charge in [0.2, 0.25) is 0 Å². The summed E-state index contributed by atoms with van der Waals surface area (Å²) in [5.74, 6) is 0.800. The molecule has 0 aromatic heterocycles. The summed E-state index contributed by atoms with van der Waals surface area (Å²) in [5, 5.41) is 13.2. The van der Waals surface area contributed by atoms with Gasteiger partial charge >= 0.3 is 0 Å². The molecule has 2 nitrogen and oxygen atoms in total. The number of aliphatic hydroxyl groups is 1. The predicted octanol–water partition coefficient (Wildman–Crippen LogP) is 0.899. The van der Waals surface area contributed by atoms with E-state index in [2.05, 4.69) is 12.2 Å². The second kappa shape index (κ2) is 2.46. The first kappa shape index (κ1) is 7.56. The molecule has 2 N–H and O–H groups in total. The van der Waals surface area contributed by atoms with Gasteiger partial charge in [0.25, 0.3) is 0 Å². The molecular formula is C9H17NO. The Morgan fingerprint density at radius 2 is 2.09 bits per heavy atom. The SMILES string of the molecule is CC1CCC(C2(O)CC2)NC1. The number of nitrogens with one attached hydrogen (secondary N) is 1. The van der Waals surface area contributed by atoms with Crippen LogP contribution in [0.2, 0.25) is 0 Å². The molecule has 0 spiro atoms. The Morgan fingerprint density at radius 3 is 2.55 bits per heavy atom. The van der Waals surface area contributed by atoms with E-state index >= 15 is 0 Å². The van der Waals surface area contributed by atoms with Crippen LogP contribution in [0.15, 0.2) is 0 Å². The zero-order chi connectivity index (χ0) is 7.90. The highest BCUT2D eigenvalue weighted by molar-refractivity contribution is 5.04. The molecule has 11 heavy (non-hydrogen) atoms. The second-order valence-corrected chi connectivity index (χ2v) is 4.25. The minimum absolute atomic E-state index is 0.305. The molecular weight excluding hydrogens is 138 g/mol. The van der Waals surface area contributed by atoms with Gasteiger partial charge in [-0.2, -0.15) is 0 Å². The fraction of sp³-hybridized carbons (Fsp3) is 1.00. The van der Waals surface area contributed by atoms with Crippen molar-refractivity contribution < 1.29 is 5.11 Å². The lowest BCUT2D eigenvalue weighted by atomic mass is 9.92. The van der Waals surface area contributed by atoms with Gasteiger partial charge in [-0.05, 0) is 38.1 Å². The average molecular weight is 155 g/mol. The van der Waals surface area contributed by atoms with Gasteiger partial charge in [-0.25, -0.2) is 0 Å². The molecule has 1 saturated carbocycles. The maximum absolute atomic E-state index is 9.78. The molecule has 0 amide bonds. The van der Waals surface area contributed by atoms with Crippen molar-refractivity contribution in [3.8, 4) is 0 Å². The first-order valence-corrected chi connectivity index (χ1v) is 4.66. The molecule has 1 aliphatic heterocycles. The van der Waals surface area contributed by atoms with Crippen LogP contribution in [0.3, 0.4) is 0 Å². The van der Waals surface area contributed by atoms with E-state index in [0.29, 0.717) is 6.04 Å². The zero-order valence-corrected chi connectivity index (χ0v) is 7.14. The van der Waals surface area contributed by atoms with Crippen LogP contribution in [0.25, 0.3) is 0 Å². The third-order valence-corrected chi connectivity index (χ3v) is 3.07. The summed E-state index contributed by atoms with van der Waals surface area (Å²) in [6, 6.07) is 0.402. The van der Waals surface area contributed by atoms with E-state index in [1.165, 1.54) is 6.42 Å². The van der Waals surface area contributed by atoms with Crippen LogP contribution in [-0.2, 0) is 0 Å². The van der Waals surface area contributed by atoms with Crippen molar-refractivity contribution in [2.45, 2.75) is 44.2 Å². The van der Waals surface area contributed by atoms with E-state index in [9.17, 15) is 5.11 Å². The van der Waals surface area contributed by atoms with E-state index in [1.807, 2.05) is 0 Å². The fourth-order valence-corrected chi connectivity index (χ4v) is 1.93. The number of piperidine rings is 1. The maximum atomic E-state index is 9.78. The normalized spacial score (nSPS) is 42.0. The molecule has 64 valence electrons. The van der Waals surface area contributed by atoms with E-state index in [1.54, 1.807) is 0 Å². The van der Waals surface area contributed by atoms with Crippen LogP contribution in [0, 0.1) is 5.92 Å². The highest BCUT2D eigenvalue weighted by Gasteiger charge is 2.48. The standard InChI is InChI=1S/C9H17NO/c1-7-2-3-8(10-6-7)9(11)4-5-9/h7-8,10-11H,2-6H2,1H3. The zero-order valence-electron chi connectivity index (χ0n) is 7.14. The third-order valence-electron chi connectivity index (χ3n) is 3.07. The molecule has 0 bridgehead atoms. The van der Waals surface area contributed by atoms with Gasteiger partial charge in [0, 0.05) is 6.04 Å². The first-order chi connectivity index (χ1) is 5.21. The van der Waals surface area contributed by atoms with Crippen molar-refractivity contribution in [3.63, 3.8) is 0 Å². The summed E-state index contributed by atoms with van der Waals surface area (Å²) in [4.78, 5) is 0. The molecule has 2 atom stereocenters. The van der Waals surface area contributed by atoms with Gasteiger partial charge in [0.1, 0.15) is 0 Å². The Labute approximate surface area is 68.0 Å². The van der Waals surface area contributed by atoms with Gasteiger partial charge < -0.3 is 10.4 Å². The number of hydrogen-bond acceptors (Lipinski definition) is 2. The Balaban J connectivity index is 1.87. The van der Waals surface area contributed by atoms with Crippen LogP contribution in [-0.4, -0.2) is 23.3 Å². The predicted molar refractivity (Wildman–Crippen MR) is 44.4 cm³/mol. The molecule has 2 aliphatic rings. The molecule has 2 fully saturated rings. The van der Waals surface area contributed by atoms with Gasteiger partial charge in [-0.1, -0.05) is 6.92 Å². The molecule has 0 aromatic carbocycles. The lowest BCUT2D eigenvalue weighted by molar-refractivity contribution is 0.0818. The topological polar surface area (TPSA) is 32.3 Å². The second-order valence-electron chi connectivity index (χ2n) is 4.25. The summed E-state index contributed by atoms with van der Waals surface area (Å²) in [7, 11) is 0. The monoisotopic (exact) mass is 155 g/mol. The molecule has 2 heteroatoms. The minimum atomic E-state index is -0.305. The minimum Gasteiger partial charge on any atom is -0.388 e. The Kier molecular flexibility index (Phi) is 1.69. The van der Waals surface area contributed by atoms with Crippen LogP contribution in [0.4, 0.5) is 0 Å². The largest absolute Gasteiger partial charge is 0.388 e. The summed E-state index contributed by atoms with van der Waals surface area (Å²) in [6.07, 6.45) is 4.47. The first-order valence-electron chi connectivity index (χ1n) is 4.66. The highest BCUT2D eigenvalue weighted by Crippen LogP contribution is 2.41. The molecule has 0 radical (unpaired) electrons. The van der Waals surface area contributed by atoms with E-state index in [0.717, 1.165) is 31.7 Å². The van der Waals surface area contributed by atoms with Crippen LogP contribution in [0.5, 0.6) is 0 Å². The van der Waals surface area contributed by atoms with Gasteiger partial charge in [-0.15, -0.1) is 0 Å². The summed E-state index contributed by atoms with van der Waals surface area (Å²) in [5.41, 5.74) is -0.305. The van der Waals surface area contributed by atoms with E-state index in [4.69, 9.17) is 0 Å². The van der Waals surface area contributed by atoms with Crippen molar-refractivity contribution in [2.75, 3.05) is 6.54 Å². The summed E-state index contributed by atoms with van der Waals surface area (Å²) in [6.45, 7) is 3.35. The van der Waals surface area contributed by atoms with Crippen molar-refractivity contribution >= 4 is 0 Å². The van der Waals surface area contributed by atoms with Crippen molar-refractivity contribution in [2.24, 2.45) is 5.92 Å². The maximum Gasteiger partial charge on any atom is 0.0802 e. The number of rotatable bonds is 1. The van der Waals surface area contributed by atoms with Crippen molar-refractivity contribution in [3.05, 3.63) is 0 Å². The van der Waals surface area contributed by atoms with Crippen molar-refractivity contribution in [1.82, 2.24) is 5.32 Å². The molecule has 1 saturated heterocycles. The Hall–Kier alpha value is -0.0800. The lowest BCUT2D eigenvalue weighted by Gasteiger charge is -2.31. The lowest BCUT2D eigenvalue weighted by Crippen LogP contribution is -2.46. The van der Waals surface area contributed by atoms with Crippen LogP contribution in [0.1, 0.15) is 32.6 Å². The van der Waals surface area contributed by atoms with E-state index in [-0.39, 0.29) is 5.60 Å². The van der Waals surface area contributed by atoms with Gasteiger partial charge in [0.05, 0.1) is 5.60 Å². The average Bonchev–Trinajstić information content (AvgIpc) is 2.70. The molecule has 2 unspecified atom stereocenters. The highest BCUT2D eigenvalue weighted by atomic mass is 16.3. The Morgan fingerprint density at radius 1 is 1.36 bits per heavy atom. The van der Waals surface area contributed by atoms with Gasteiger partial charge in [-0.3, -0.25) is 0 Å². The molecule has 1 heterocycles. The molecule has 2 rings (SSSR count). The quantitative estimate of drug-likeness (QED) is 0.589. The van der Waals surface area contributed by atoms with Crippen LogP contribution >= 0.6 is 0 Å². The smallest absolute Gasteiger partial charge is 0.0802 e. The van der Waals surface area contributed by atoms with E-state index < -0.39 is 0 Å². The number of hydrogen-bond donors (Lipinski definition) is 2. The summed E-state index contributed by atoms with van der Waals surface area (Å²) >= 11 is 0. The fourth-order valence-electron chi connectivity index (χ4n) is 1.93. The van der Waals surface area contributed by atoms with Crippen molar-refractivity contribution in [1.29, 1.82) is 0 Å². The van der Waals surface area contributed by atoms with Crippen LogP contribution < -0.4 is 5.32 Å². The Bertz CT molecular complexity index is 146. The summed E-state index contributed by atoms with van der Waals surface area (Å²) < 4.78 is 0. The third kappa shape index (κ3) is 1.42. The van der Waals surface area contributed by atoms with Gasteiger partial charge in [0.15, 0.2) is 0 Å². The molecule has 0 aromatic rings. The molecule has 1 aliphatic carbocycles.